The summed E-state index contributed by atoms with van der Waals surface area (Å²) in [5, 5.41) is 12.5. The number of hydrogen-bond acceptors (Lipinski definition) is 10. The van der Waals surface area contributed by atoms with Gasteiger partial charge in [0.15, 0.2) is 5.82 Å². The van der Waals surface area contributed by atoms with Crippen LogP contribution in [0.25, 0.3) is 0 Å². The number of nitrogens with zero attached hydrogens (tertiary/aromatic N) is 7. The Morgan fingerprint density at radius 2 is 1.74 bits per heavy atom. The third-order valence-electron chi connectivity index (χ3n) is 7.88. The molecule has 2 unspecified atom stereocenters. The number of likely N-dealkylation sites (tertiary alicyclic amines) is 1. The summed E-state index contributed by atoms with van der Waals surface area (Å²) in [6.45, 7) is 2.24. The molecule has 1 aliphatic carbocycles. The third-order valence-corrected chi connectivity index (χ3v) is 7.88. The standard InChI is InChI=1S/C30H36N10O2/c1-38(2)12-4-5-25(41)40-16-21-13-23(14-22(21)17-40)37-29-26(28(32)35-18-36-29)27(31)19-6-8-20(9-7-19)30(42)39(3)24-15-33-10-11-34-24/h4-11,15,18,21-23,31H,12-14,16-17H2,1-3H3,(H3,32,35,36,37)/b5-4+,31-27?. The van der Waals surface area contributed by atoms with Crippen LogP contribution in [-0.4, -0.2) is 94.1 Å². The van der Waals surface area contributed by atoms with Gasteiger partial charge in [-0.3, -0.25) is 24.9 Å². The quantitative estimate of drug-likeness (QED) is 0.260. The third kappa shape index (κ3) is 6.28. The van der Waals surface area contributed by atoms with Crippen LogP contribution < -0.4 is 16.0 Å². The van der Waals surface area contributed by atoms with E-state index in [0.717, 1.165) is 32.5 Å². The molecule has 4 N–H and O–H groups in total. The predicted molar refractivity (Wildman–Crippen MR) is 161 cm³/mol. The minimum atomic E-state index is -0.241. The van der Waals surface area contributed by atoms with E-state index < -0.39 is 0 Å². The number of nitrogens with two attached hydrogens (primary N) is 1. The lowest BCUT2D eigenvalue weighted by Crippen LogP contribution is -2.30. The number of nitrogen functional groups attached to an aromatic ring is 1. The second-order valence-corrected chi connectivity index (χ2v) is 11.1. The Hall–Kier alpha value is -4.71. The number of nitrogens with one attached hydrogen (secondary N) is 2. The Labute approximate surface area is 245 Å². The molecule has 1 saturated heterocycles. The topological polar surface area (TPSA) is 157 Å². The molecule has 5 rings (SSSR count). The predicted octanol–water partition coefficient (Wildman–Crippen LogP) is 2.31. The monoisotopic (exact) mass is 568 g/mol. The van der Waals surface area contributed by atoms with Gasteiger partial charge < -0.3 is 20.9 Å². The lowest BCUT2D eigenvalue weighted by atomic mass is 10.0. The van der Waals surface area contributed by atoms with Gasteiger partial charge in [0.1, 0.15) is 18.0 Å². The number of carbonyl (C=O) groups excluding carboxylic acids is 2. The van der Waals surface area contributed by atoms with Gasteiger partial charge in [-0.15, -0.1) is 0 Å². The summed E-state index contributed by atoms with van der Waals surface area (Å²) in [4.78, 5) is 47.7. The van der Waals surface area contributed by atoms with Crippen LogP contribution in [0.4, 0.5) is 17.5 Å². The Bertz CT molecular complexity index is 1460. The maximum absolute atomic E-state index is 12.9. The van der Waals surface area contributed by atoms with E-state index in [0.29, 0.717) is 40.2 Å². The van der Waals surface area contributed by atoms with E-state index in [1.807, 2.05) is 30.0 Å². The van der Waals surface area contributed by atoms with E-state index >= 15 is 0 Å². The molecule has 2 atom stereocenters. The van der Waals surface area contributed by atoms with Crippen LogP contribution in [0.2, 0.25) is 0 Å². The molecule has 2 amide bonds. The first-order valence-electron chi connectivity index (χ1n) is 13.9. The average Bonchev–Trinajstić information content (AvgIpc) is 3.55. The normalized spacial score (nSPS) is 19.7. The van der Waals surface area contributed by atoms with E-state index in [4.69, 9.17) is 11.1 Å². The molecule has 0 spiro atoms. The van der Waals surface area contributed by atoms with Gasteiger partial charge in [0.25, 0.3) is 5.91 Å². The van der Waals surface area contributed by atoms with E-state index in [2.05, 4.69) is 25.3 Å². The fourth-order valence-electron chi connectivity index (χ4n) is 5.70. The number of aromatic nitrogens is 4. The summed E-state index contributed by atoms with van der Waals surface area (Å²) in [5.74, 6) is 1.83. The molecular formula is C30H36N10O2. The smallest absolute Gasteiger partial charge is 0.259 e. The lowest BCUT2D eigenvalue weighted by molar-refractivity contribution is -0.125. The molecular weight excluding hydrogens is 532 g/mol. The molecule has 2 fully saturated rings. The molecule has 1 saturated carbocycles. The van der Waals surface area contributed by atoms with Gasteiger partial charge in [-0.25, -0.2) is 15.0 Å². The van der Waals surface area contributed by atoms with Gasteiger partial charge in [-0.2, -0.15) is 0 Å². The minimum Gasteiger partial charge on any atom is -0.383 e. The fourth-order valence-corrected chi connectivity index (χ4v) is 5.70. The van der Waals surface area contributed by atoms with Crippen LogP contribution in [0.3, 0.4) is 0 Å². The highest BCUT2D eigenvalue weighted by molar-refractivity contribution is 6.16. The molecule has 0 radical (unpaired) electrons. The highest BCUT2D eigenvalue weighted by Crippen LogP contribution is 2.39. The number of fused-ring (bicyclic) bond motifs is 1. The summed E-state index contributed by atoms with van der Waals surface area (Å²) in [6, 6.07) is 6.93. The number of amides is 2. The Balaban J connectivity index is 1.23. The number of carbonyl (C=O) groups is 2. The summed E-state index contributed by atoms with van der Waals surface area (Å²) in [5.41, 5.74) is 7.88. The van der Waals surface area contributed by atoms with Crippen molar-refractivity contribution < 1.29 is 9.59 Å². The van der Waals surface area contributed by atoms with Crippen molar-refractivity contribution in [3.63, 3.8) is 0 Å². The molecule has 1 aliphatic heterocycles. The number of anilines is 3. The molecule has 1 aromatic carbocycles. The Morgan fingerprint density at radius 3 is 2.38 bits per heavy atom. The molecule has 0 bridgehead atoms. The van der Waals surface area contributed by atoms with Crippen LogP contribution in [0.5, 0.6) is 0 Å². The van der Waals surface area contributed by atoms with E-state index in [1.165, 1.54) is 23.6 Å². The first-order valence-corrected chi connectivity index (χ1v) is 13.9. The van der Waals surface area contributed by atoms with Crippen molar-refractivity contribution in [1.82, 2.24) is 29.7 Å². The van der Waals surface area contributed by atoms with Crippen molar-refractivity contribution in [2.75, 3.05) is 56.7 Å². The summed E-state index contributed by atoms with van der Waals surface area (Å²) >= 11 is 0. The van der Waals surface area contributed by atoms with Gasteiger partial charge in [0.2, 0.25) is 5.91 Å². The van der Waals surface area contributed by atoms with Crippen LogP contribution in [-0.2, 0) is 4.79 Å². The summed E-state index contributed by atoms with van der Waals surface area (Å²) < 4.78 is 0. The Morgan fingerprint density at radius 1 is 1.05 bits per heavy atom. The second-order valence-electron chi connectivity index (χ2n) is 11.1. The maximum atomic E-state index is 12.9. The first-order chi connectivity index (χ1) is 20.2. The van der Waals surface area contributed by atoms with Gasteiger partial charge in [0.05, 0.1) is 17.5 Å². The first kappa shape index (κ1) is 28.8. The highest BCUT2D eigenvalue weighted by atomic mass is 16.2. The largest absolute Gasteiger partial charge is 0.383 e. The summed E-state index contributed by atoms with van der Waals surface area (Å²) in [7, 11) is 5.58. The zero-order chi connectivity index (χ0) is 29.8. The molecule has 3 aromatic rings. The van der Waals surface area contributed by atoms with Crippen molar-refractivity contribution in [3.05, 3.63) is 78.0 Å². The van der Waals surface area contributed by atoms with Crippen molar-refractivity contribution >= 4 is 35.0 Å². The van der Waals surface area contributed by atoms with Crippen LogP contribution >= 0.6 is 0 Å². The zero-order valence-electron chi connectivity index (χ0n) is 24.1. The lowest BCUT2D eigenvalue weighted by Gasteiger charge is -2.21. The van der Waals surface area contributed by atoms with Crippen LogP contribution in [0, 0.1) is 17.2 Å². The minimum absolute atomic E-state index is 0.0724. The SMILES string of the molecule is CN(C)C/C=C/C(=O)N1CC2CC(Nc3ncnc(N)c3C(=N)c3ccc(C(=O)N(C)c4cnccn4)cc3)CC2C1. The van der Waals surface area contributed by atoms with E-state index in [-0.39, 0.29) is 29.4 Å². The molecule has 3 heterocycles. The van der Waals surface area contributed by atoms with Crippen LogP contribution in [0.15, 0.2) is 61.3 Å². The van der Waals surface area contributed by atoms with Crippen molar-refractivity contribution in [2.24, 2.45) is 11.8 Å². The zero-order valence-corrected chi connectivity index (χ0v) is 24.1. The fraction of sp³-hybridized carbons (Fsp3) is 0.367. The molecule has 12 heteroatoms. The van der Waals surface area contributed by atoms with E-state index in [1.54, 1.807) is 43.6 Å². The number of rotatable bonds is 9. The number of hydrogen-bond donors (Lipinski definition) is 3. The number of benzene rings is 1. The van der Waals surface area contributed by atoms with Gasteiger partial charge in [-0.05, 0) is 50.9 Å². The molecule has 2 aliphatic rings. The Kier molecular flexibility index (Phi) is 8.53. The van der Waals surface area contributed by atoms with Crippen molar-refractivity contribution in [3.8, 4) is 0 Å². The van der Waals surface area contributed by atoms with E-state index in [9.17, 15) is 9.59 Å². The second kappa shape index (κ2) is 12.4. The van der Waals surface area contributed by atoms with Gasteiger partial charge in [0, 0.05) is 62.3 Å². The average molecular weight is 569 g/mol. The molecule has 12 nitrogen and oxygen atoms in total. The van der Waals surface area contributed by atoms with Crippen molar-refractivity contribution in [2.45, 2.75) is 18.9 Å². The van der Waals surface area contributed by atoms with Crippen molar-refractivity contribution in [1.29, 1.82) is 5.41 Å². The highest BCUT2D eigenvalue weighted by Gasteiger charge is 2.42. The van der Waals surface area contributed by atoms with Gasteiger partial charge in [-0.1, -0.05) is 18.2 Å². The van der Waals surface area contributed by atoms with Gasteiger partial charge >= 0.3 is 0 Å². The molecule has 2 aromatic heterocycles. The summed E-state index contributed by atoms with van der Waals surface area (Å²) in [6.07, 6.45) is 11.4. The molecule has 42 heavy (non-hydrogen) atoms. The maximum Gasteiger partial charge on any atom is 0.259 e. The van der Waals surface area contributed by atoms with Crippen LogP contribution in [0.1, 0.15) is 34.3 Å². The molecule has 218 valence electrons. The number of likely N-dealkylation sites (N-methyl/N-ethyl adjacent to an activating group) is 1.